The van der Waals surface area contributed by atoms with Crippen molar-refractivity contribution in [2.75, 3.05) is 31.9 Å². The van der Waals surface area contributed by atoms with Crippen molar-refractivity contribution in [3.05, 3.63) is 36.0 Å². The van der Waals surface area contributed by atoms with E-state index in [-0.39, 0.29) is 17.4 Å². The second-order valence-corrected chi connectivity index (χ2v) is 6.63. The van der Waals surface area contributed by atoms with E-state index in [1.807, 2.05) is 15.8 Å². The van der Waals surface area contributed by atoms with Gasteiger partial charge < -0.3 is 10.6 Å². The molecule has 0 atom stereocenters. The van der Waals surface area contributed by atoms with Gasteiger partial charge in [-0.25, -0.2) is 9.97 Å². The van der Waals surface area contributed by atoms with Gasteiger partial charge in [-0.2, -0.15) is 5.10 Å². The molecule has 25 heavy (non-hydrogen) atoms. The lowest BCUT2D eigenvalue weighted by Gasteiger charge is -2.21. The Labute approximate surface area is 147 Å². The Kier molecular flexibility index (Phi) is 5.28. The zero-order chi connectivity index (χ0) is 17.8. The quantitative estimate of drug-likeness (QED) is 0.896. The van der Waals surface area contributed by atoms with Gasteiger partial charge in [-0.15, -0.1) is 0 Å². The largest absolute Gasteiger partial charge is 0.382 e. The maximum atomic E-state index is 12.6. The molecule has 1 aliphatic rings. The maximum Gasteiger partial charge on any atom is 0.276 e. The highest BCUT2D eigenvalue weighted by Gasteiger charge is 2.23. The molecule has 3 heterocycles. The Morgan fingerprint density at radius 3 is 2.72 bits per heavy atom. The van der Waals surface area contributed by atoms with Crippen LogP contribution in [0.15, 0.2) is 24.8 Å². The van der Waals surface area contributed by atoms with Crippen molar-refractivity contribution in [3.63, 3.8) is 0 Å². The normalized spacial score (nSPS) is 16.2. The highest BCUT2D eigenvalue weighted by molar-refractivity contribution is 5.96. The summed E-state index contributed by atoms with van der Waals surface area (Å²) in [6, 6.07) is 0.364. The van der Waals surface area contributed by atoms with Crippen LogP contribution in [0.5, 0.6) is 0 Å². The Balaban J connectivity index is 1.60. The molecule has 0 aliphatic carbocycles. The molecule has 3 rings (SSSR count). The van der Waals surface area contributed by atoms with Crippen LogP contribution in [0.1, 0.15) is 42.4 Å². The predicted octanol–water partition coefficient (Wildman–Crippen LogP) is 1.18. The van der Waals surface area contributed by atoms with E-state index in [1.165, 1.54) is 18.0 Å². The average Bonchev–Trinajstić information content (AvgIpc) is 2.94. The van der Waals surface area contributed by atoms with Gasteiger partial charge in [0.15, 0.2) is 11.5 Å². The van der Waals surface area contributed by atoms with Gasteiger partial charge in [0, 0.05) is 62.9 Å². The molecule has 8 nitrogen and oxygen atoms in total. The van der Waals surface area contributed by atoms with Crippen LogP contribution in [0.2, 0.25) is 0 Å². The fraction of sp³-hybridized carbons (Fsp3) is 0.529. The summed E-state index contributed by atoms with van der Waals surface area (Å²) in [5.41, 5.74) is 7.23. The first-order valence-electron chi connectivity index (χ1n) is 8.65. The van der Waals surface area contributed by atoms with Crippen LogP contribution < -0.4 is 5.73 Å². The van der Waals surface area contributed by atoms with Crippen LogP contribution in [0.25, 0.3) is 0 Å². The Morgan fingerprint density at radius 2 is 2.00 bits per heavy atom. The monoisotopic (exact) mass is 343 g/mol. The molecule has 0 spiro atoms. The second-order valence-electron chi connectivity index (χ2n) is 6.63. The molecule has 0 saturated carbocycles. The van der Waals surface area contributed by atoms with Crippen molar-refractivity contribution in [1.29, 1.82) is 0 Å². The summed E-state index contributed by atoms with van der Waals surface area (Å²) in [7, 11) is 0. The molecule has 2 aromatic rings. The number of hydrogen-bond donors (Lipinski definition) is 1. The number of nitrogen functional groups attached to an aromatic ring is 1. The van der Waals surface area contributed by atoms with Crippen molar-refractivity contribution in [1.82, 2.24) is 29.5 Å². The zero-order valence-electron chi connectivity index (χ0n) is 14.8. The summed E-state index contributed by atoms with van der Waals surface area (Å²) in [6.45, 7) is 8.21. The molecular formula is C17H25N7O. The lowest BCUT2D eigenvalue weighted by molar-refractivity contribution is 0.0756. The first kappa shape index (κ1) is 17.3. The van der Waals surface area contributed by atoms with E-state index in [0.29, 0.717) is 19.1 Å². The third-order valence-electron chi connectivity index (χ3n) is 4.40. The van der Waals surface area contributed by atoms with Gasteiger partial charge in [-0.1, -0.05) is 0 Å². The molecule has 0 bridgehead atoms. The number of rotatable bonds is 4. The number of carbonyl (C=O) groups is 1. The first-order valence-corrected chi connectivity index (χ1v) is 8.65. The molecule has 8 heteroatoms. The van der Waals surface area contributed by atoms with Gasteiger partial charge in [0.05, 0.1) is 6.20 Å². The molecule has 1 amide bonds. The lowest BCUT2D eigenvalue weighted by atomic mass is 10.3. The third-order valence-corrected chi connectivity index (χ3v) is 4.40. The summed E-state index contributed by atoms with van der Waals surface area (Å²) in [5, 5.41) is 4.39. The molecule has 0 radical (unpaired) electrons. The van der Waals surface area contributed by atoms with Gasteiger partial charge in [-0.05, 0) is 20.3 Å². The molecule has 2 N–H and O–H groups in total. The average molecular weight is 343 g/mol. The van der Waals surface area contributed by atoms with Crippen LogP contribution in [0, 0.1) is 0 Å². The number of anilines is 1. The van der Waals surface area contributed by atoms with Crippen molar-refractivity contribution in [3.8, 4) is 0 Å². The SMILES string of the molecule is CC(C)n1cc(CN2CCCN(C(=O)c3nccnc3N)CC2)cn1. The van der Waals surface area contributed by atoms with Crippen LogP contribution in [0.3, 0.4) is 0 Å². The topological polar surface area (TPSA) is 93.2 Å². The molecule has 134 valence electrons. The number of amides is 1. The third kappa shape index (κ3) is 4.14. The number of carbonyl (C=O) groups excluding carboxylic acids is 1. The van der Waals surface area contributed by atoms with Crippen molar-refractivity contribution < 1.29 is 4.79 Å². The van der Waals surface area contributed by atoms with E-state index in [1.54, 1.807) is 0 Å². The molecule has 1 saturated heterocycles. The fourth-order valence-electron chi connectivity index (χ4n) is 3.00. The molecule has 2 aromatic heterocycles. The predicted molar refractivity (Wildman–Crippen MR) is 94.9 cm³/mol. The summed E-state index contributed by atoms with van der Waals surface area (Å²) < 4.78 is 1.97. The van der Waals surface area contributed by atoms with Crippen LogP contribution in [-0.2, 0) is 6.54 Å². The number of aromatic nitrogens is 4. The van der Waals surface area contributed by atoms with Gasteiger partial charge in [0.2, 0.25) is 0 Å². The van der Waals surface area contributed by atoms with Crippen molar-refractivity contribution in [2.45, 2.75) is 32.9 Å². The van der Waals surface area contributed by atoms with Gasteiger partial charge in [0.1, 0.15) is 0 Å². The molecule has 0 aromatic carbocycles. The Hall–Kier alpha value is -2.48. The highest BCUT2D eigenvalue weighted by Crippen LogP contribution is 2.13. The first-order chi connectivity index (χ1) is 12.0. The van der Waals surface area contributed by atoms with Gasteiger partial charge in [0.25, 0.3) is 5.91 Å². The number of nitrogens with zero attached hydrogens (tertiary/aromatic N) is 6. The van der Waals surface area contributed by atoms with Crippen LogP contribution in [-0.4, -0.2) is 61.6 Å². The summed E-state index contributed by atoms with van der Waals surface area (Å²) in [6.07, 6.45) is 7.94. The summed E-state index contributed by atoms with van der Waals surface area (Å²) in [5.74, 6) is 0.0507. The minimum Gasteiger partial charge on any atom is -0.382 e. The van der Waals surface area contributed by atoms with Gasteiger partial charge in [-0.3, -0.25) is 14.4 Å². The smallest absolute Gasteiger partial charge is 0.276 e. The van der Waals surface area contributed by atoms with Crippen molar-refractivity contribution in [2.24, 2.45) is 0 Å². The van der Waals surface area contributed by atoms with Crippen LogP contribution in [0.4, 0.5) is 5.82 Å². The zero-order valence-corrected chi connectivity index (χ0v) is 14.8. The second kappa shape index (κ2) is 7.60. The van der Waals surface area contributed by atoms with E-state index in [4.69, 9.17) is 5.73 Å². The standard InChI is InChI=1S/C17H25N7O/c1-13(2)24-12-14(10-21-24)11-22-6-3-7-23(9-8-22)17(25)15-16(18)20-5-4-19-15/h4-5,10,12-13H,3,6-9,11H2,1-2H3,(H2,18,20). The number of hydrogen-bond acceptors (Lipinski definition) is 6. The molecular weight excluding hydrogens is 318 g/mol. The minimum atomic E-state index is -0.139. The Morgan fingerprint density at radius 1 is 1.20 bits per heavy atom. The molecule has 1 fully saturated rings. The van der Waals surface area contributed by atoms with E-state index in [2.05, 4.69) is 40.0 Å². The maximum absolute atomic E-state index is 12.6. The van der Waals surface area contributed by atoms with E-state index in [9.17, 15) is 4.79 Å². The molecule has 1 aliphatic heterocycles. The highest BCUT2D eigenvalue weighted by atomic mass is 16.2. The minimum absolute atomic E-state index is 0.139. The number of nitrogens with two attached hydrogens (primary N) is 1. The van der Waals surface area contributed by atoms with Crippen molar-refractivity contribution >= 4 is 11.7 Å². The summed E-state index contributed by atoms with van der Waals surface area (Å²) >= 11 is 0. The van der Waals surface area contributed by atoms with E-state index >= 15 is 0 Å². The van der Waals surface area contributed by atoms with E-state index < -0.39 is 0 Å². The Bertz CT molecular complexity index is 727. The lowest BCUT2D eigenvalue weighted by Crippen LogP contribution is -2.36. The fourth-order valence-corrected chi connectivity index (χ4v) is 3.00. The molecule has 0 unspecified atom stereocenters. The van der Waals surface area contributed by atoms with Gasteiger partial charge >= 0.3 is 0 Å². The summed E-state index contributed by atoms with van der Waals surface area (Å²) in [4.78, 5) is 24.8. The van der Waals surface area contributed by atoms with Crippen LogP contribution >= 0.6 is 0 Å². The van der Waals surface area contributed by atoms with E-state index in [0.717, 1.165) is 26.1 Å².